The van der Waals surface area contributed by atoms with E-state index in [2.05, 4.69) is 10.2 Å². The van der Waals surface area contributed by atoms with E-state index in [-0.39, 0.29) is 23.8 Å². The molecule has 0 bridgehead atoms. The zero-order chi connectivity index (χ0) is 14.7. The van der Waals surface area contributed by atoms with Gasteiger partial charge < -0.3 is 15.0 Å². The molecule has 0 saturated carbocycles. The minimum atomic E-state index is -0.132. The highest BCUT2D eigenvalue weighted by Crippen LogP contribution is 2.18. The molecule has 1 aromatic heterocycles. The zero-order valence-corrected chi connectivity index (χ0v) is 12.8. The average molecular weight is 296 g/mol. The van der Waals surface area contributed by atoms with Gasteiger partial charge in [-0.15, -0.1) is 11.3 Å². The Morgan fingerprint density at radius 3 is 2.70 bits per heavy atom. The van der Waals surface area contributed by atoms with Gasteiger partial charge in [0.1, 0.15) is 0 Å². The first kappa shape index (κ1) is 15.2. The number of hydrogen-bond acceptors (Lipinski definition) is 5. The molecule has 2 atom stereocenters. The van der Waals surface area contributed by atoms with E-state index in [4.69, 9.17) is 4.74 Å². The molecule has 5 nitrogen and oxygen atoms in total. The molecule has 6 heteroatoms. The second kappa shape index (κ2) is 6.47. The average Bonchev–Trinajstić information content (AvgIpc) is 2.97. The van der Waals surface area contributed by atoms with Crippen molar-refractivity contribution >= 4 is 23.0 Å². The Kier molecular flexibility index (Phi) is 4.91. The number of Topliss-reactive ketones (excluding diaryl/α,β-unsaturated/α-hetero) is 1. The van der Waals surface area contributed by atoms with Gasteiger partial charge in [0.15, 0.2) is 5.78 Å². The fourth-order valence-corrected chi connectivity index (χ4v) is 3.18. The van der Waals surface area contributed by atoms with Gasteiger partial charge in [-0.1, -0.05) is 0 Å². The molecule has 0 spiro atoms. The molecule has 1 aliphatic rings. The van der Waals surface area contributed by atoms with Crippen LogP contribution in [0, 0.1) is 0 Å². The van der Waals surface area contributed by atoms with E-state index >= 15 is 0 Å². The molecular formula is C14H20N2O3S. The lowest BCUT2D eigenvalue weighted by Gasteiger charge is -2.19. The van der Waals surface area contributed by atoms with Gasteiger partial charge in [0.25, 0.3) is 5.91 Å². The normalized spacial score (nSPS) is 22.9. The van der Waals surface area contributed by atoms with Crippen molar-refractivity contribution in [2.75, 3.05) is 26.7 Å². The summed E-state index contributed by atoms with van der Waals surface area (Å²) in [6.45, 7) is 5.70. The van der Waals surface area contributed by atoms with Gasteiger partial charge >= 0.3 is 0 Å². The lowest BCUT2D eigenvalue weighted by Crippen LogP contribution is -2.43. The van der Waals surface area contributed by atoms with E-state index in [0.717, 1.165) is 13.1 Å². The third kappa shape index (κ3) is 3.45. The lowest BCUT2D eigenvalue weighted by atomic mass is 10.2. The van der Waals surface area contributed by atoms with Crippen molar-refractivity contribution in [3.05, 3.63) is 21.9 Å². The number of likely N-dealkylation sites (N-methyl/N-ethyl adjacent to an activating group) is 1. The Hall–Kier alpha value is -1.24. The van der Waals surface area contributed by atoms with Crippen LogP contribution in [0.15, 0.2) is 12.1 Å². The molecule has 2 rings (SSSR count). The maximum absolute atomic E-state index is 12.2. The molecule has 1 aromatic rings. The number of ketones is 1. The number of rotatable bonds is 5. The fraction of sp³-hybridized carbons (Fsp3) is 0.571. The standard InChI is InChI=1S/C14H20N2O3S/c1-4-19-11-8-16(3)7-10(11)15-14(18)13-6-5-12(20-13)9(2)17/h5-6,10-11H,4,7-8H2,1-3H3,(H,15,18)/t10-,11-/m0/s1. The third-order valence-corrected chi connectivity index (χ3v) is 4.51. The Balaban J connectivity index is 2.00. The molecule has 1 fully saturated rings. The highest BCUT2D eigenvalue weighted by Gasteiger charge is 2.32. The second-order valence-corrected chi connectivity index (χ2v) is 6.10. The minimum Gasteiger partial charge on any atom is -0.375 e. The first-order valence-electron chi connectivity index (χ1n) is 6.73. The lowest BCUT2D eigenvalue weighted by molar-refractivity contribution is 0.0514. The van der Waals surface area contributed by atoms with Gasteiger partial charge in [0, 0.05) is 19.7 Å². The summed E-state index contributed by atoms with van der Waals surface area (Å²) in [5.41, 5.74) is 0. The van der Waals surface area contributed by atoms with Crippen molar-refractivity contribution in [2.45, 2.75) is 26.0 Å². The fourth-order valence-electron chi connectivity index (χ4n) is 2.37. The SMILES string of the molecule is CCO[C@H]1CN(C)C[C@@H]1NC(=O)c1ccc(C(C)=O)s1. The largest absolute Gasteiger partial charge is 0.375 e. The van der Waals surface area contributed by atoms with Gasteiger partial charge in [-0.25, -0.2) is 0 Å². The van der Waals surface area contributed by atoms with Gasteiger partial charge in [0.05, 0.1) is 21.9 Å². The van der Waals surface area contributed by atoms with Gasteiger partial charge in [-0.2, -0.15) is 0 Å². The minimum absolute atomic E-state index is 0.00433. The predicted octanol–water partition coefficient (Wildman–Crippen LogP) is 1.40. The van der Waals surface area contributed by atoms with Crippen LogP contribution in [0.4, 0.5) is 0 Å². The molecular weight excluding hydrogens is 276 g/mol. The molecule has 0 radical (unpaired) electrons. The smallest absolute Gasteiger partial charge is 0.261 e. The highest BCUT2D eigenvalue weighted by molar-refractivity contribution is 7.15. The van der Waals surface area contributed by atoms with Crippen LogP contribution in [0.2, 0.25) is 0 Å². The van der Waals surface area contributed by atoms with E-state index in [0.29, 0.717) is 16.4 Å². The molecule has 0 aromatic carbocycles. The molecule has 1 amide bonds. The summed E-state index contributed by atoms with van der Waals surface area (Å²) in [5.74, 6) is -0.144. The van der Waals surface area contributed by atoms with E-state index < -0.39 is 0 Å². The van der Waals surface area contributed by atoms with Crippen LogP contribution < -0.4 is 5.32 Å². The van der Waals surface area contributed by atoms with E-state index in [1.807, 2.05) is 14.0 Å². The number of ether oxygens (including phenoxy) is 1. The molecule has 110 valence electrons. The number of thiophene rings is 1. The van der Waals surface area contributed by atoms with Crippen molar-refractivity contribution in [1.29, 1.82) is 0 Å². The molecule has 2 heterocycles. The number of nitrogens with zero attached hydrogens (tertiary/aromatic N) is 1. The monoisotopic (exact) mass is 296 g/mol. The quantitative estimate of drug-likeness (QED) is 0.835. The molecule has 1 N–H and O–H groups in total. The highest BCUT2D eigenvalue weighted by atomic mass is 32.1. The molecule has 20 heavy (non-hydrogen) atoms. The van der Waals surface area contributed by atoms with Crippen LogP contribution >= 0.6 is 11.3 Å². The van der Waals surface area contributed by atoms with Crippen LogP contribution in [0.5, 0.6) is 0 Å². The third-order valence-electron chi connectivity index (χ3n) is 3.32. The number of carbonyl (C=O) groups is 2. The number of amides is 1. The summed E-state index contributed by atoms with van der Waals surface area (Å²) in [6, 6.07) is 3.39. The summed E-state index contributed by atoms with van der Waals surface area (Å²) in [6.07, 6.45) is 0.0289. The first-order valence-corrected chi connectivity index (χ1v) is 7.54. The van der Waals surface area contributed by atoms with Crippen molar-refractivity contribution in [2.24, 2.45) is 0 Å². The van der Waals surface area contributed by atoms with Crippen LogP contribution in [0.3, 0.4) is 0 Å². The van der Waals surface area contributed by atoms with E-state index in [1.54, 1.807) is 12.1 Å². The van der Waals surface area contributed by atoms with Crippen LogP contribution in [0.25, 0.3) is 0 Å². The summed E-state index contributed by atoms with van der Waals surface area (Å²) in [4.78, 5) is 26.8. The molecule has 0 aliphatic carbocycles. The molecule has 1 saturated heterocycles. The van der Waals surface area contributed by atoms with E-state index in [1.165, 1.54) is 18.3 Å². The van der Waals surface area contributed by atoms with Crippen molar-refractivity contribution in [3.8, 4) is 0 Å². The second-order valence-electron chi connectivity index (χ2n) is 5.02. The van der Waals surface area contributed by atoms with Crippen molar-refractivity contribution in [3.63, 3.8) is 0 Å². The number of hydrogen-bond donors (Lipinski definition) is 1. The number of nitrogens with one attached hydrogen (secondary N) is 1. The maximum atomic E-state index is 12.2. The van der Waals surface area contributed by atoms with Gasteiger partial charge in [-0.05, 0) is 33.0 Å². The Bertz CT molecular complexity index is 500. The maximum Gasteiger partial charge on any atom is 0.261 e. The van der Waals surface area contributed by atoms with Gasteiger partial charge in [0.2, 0.25) is 0 Å². The predicted molar refractivity (Wildman–Crippen MR) is 78.5 cm³/mol. The van der Waals surface area contributed by atoms with Crippen LogP contribution in [-0.4, -0.2) is 55.5 Å². The Labute approximate surface area is 122 Å². The number of likely N-dealkylation sites (tertiary alicyclic amines) is 1. The van der Waals surface area contributed by atoms with Crippen LogP contribution in [-0.2, 0) is 4.74 Å². The Morgan fingerprint density at radius 2 is 2.10 bits per heavy atom. The van der Waals surface area contributed by atoms with Crippen molar-refractivity contribution < 1.29 is 14.3 Å². The van der Waals surface area contributed by atoms with Gasteiger partial charge in [-0.3, -0.25) is 9.59 Å². The van der Waals surface area contributed by atoms with Crippen molar-refractivity contribution in [1.82, 2.24) is 10.2 Å². The summed E-state index contributed by atoms with van der Waals surface area (Å²) >= 11 is 1.23. The number of carbonyl (C=O) groups excluding carboxylic acids is 2. The first-order chi connectivity index (χ1) is 9.51. The summed E-state index contributed by atoms with van der Waals surface area (Å²) < 4.78 is 5.66. The van der Waals surface area contributed by atoms with Crippen LogP contribution in [0.1, 0.15) is 33.2 Å². The Morgan fingerprint density at radius 1 is 1.40 bits per heavy atom. The topological polar surface area (TPSA) is 58.6 Å². The van der Waals surface area contributed by atoms with E-state index in [9.17, 15) is 9.59 Å². The summed E-state index contributed by atoms with van der Waals surface area (Å²) in [7, 11) is 2.01. The zero-order valence-electron chi connectivity index (χ0n) is 12.0. The summed E-state index contributed by atoms with van der Waals surface area (Å²) in [5, 5.41) is 3.01. The molecule has 0 unspecified atom stereocenters. The molecule has 1 aliphatic heterocycles.